The number of hydrogen-bond donors (Lipinski definition) is 0. The molecule has 1 aliphatic carbocycles. The Bertz CT molecular complexity index is 766. The van der Waals surface area contributed by atoms with Gasteiger partial charge in [0.05, 0.1) is 0 Å². The fourth-order valence-electron chi connectivity index (χ4n) is 2.93. The Balaban J connectivity index is 1.38. The molecule has 0 spiro atoms. The molecule has 2 atom stereocenters. The normalized spacial score (nSPS) is 19.5. The predicted octanol–water partition coefficient (Wildman–Crippen LogP) is 4.62. The van der Waals surface area contributed by atoms with Gasteiger partial charge in [0, 0.05) is 18.9 Å². The van der Waals surface area contributed by atoms with Gasteiger partial charge in [0.25, 0.3) is 0 Å². The van der Waals surface area contributed by atoms with Crippen LogP contribution in [0, 0.1) is 11.7 Å². The van der Waals surface area contributed by atoms with E-state index in [0.717, 1.165) is 12.3 Å². The van der Waals surface area contributed by atoms with Gasteiger partial charge in [-0.15, -0.1) is 0 Å². The molecule has 0 saturated heterocycles. The van der Waals surface area contributed by atoms with Crippen LogP contribution in [-0.4, -0.2) is 9.78 Å². The molecular weight excluding hydrogens is 291 g/mol. The molecule has 0 radical (unpaired) electrons. The Morgan fingerprint density at radius 1 is 1.04 bits per heavy atom. The molecule has 4 heteroatoms. The quantitative estimate of drug-likeness (QED) is 0.688. The minimum Gasteiger partial charge on any atom is -0.457 e. The number of ether oxygens (including phenoxy) is 1. The van der Waals surface area contributed by atoms with E-state index in [4.69, 9.17) is 4.74 Å². The highest BCUT2D eigenvalue weighted by atomic mass is 19.1. The molecule has 1 aliphatic rings. The lowest BCUT2D eigenvalue weighted by atomic mass is 10.1. The third-order valence-electron chi connectivity index (χ3n) is 4.26. The van der Waals surface area contributed by atoms with E-state index in [0.29, 0.717) is 17.6 Å². The van der Waals surface area contributed by atoms with E-state index in [2.05, 4.69) is 17.2 Å². The minimum atomic E-state index is -0.260. The summed E-state index contributed by atoms with van der Waals surface area (Å²) in [6.07, 6.45) is 5.03. The lowest BCUT2D eigenvalue weighted by Crippen LogP contribution is -2.00. The molecule has 2 aromatic carbocycles. The maximum Gasteiger partial charge on any atom is 0.127 e. The van der Waals surface area contributed by atoms with Gasteiger partial charge in [0.1, 0.15) is 17.3 Å². The topological polar surface area (TPSA) is 27.1 Å². The van der Waals surface area contributed by atoms with Gasteiger partial charge in [-0.05, 0) is 66.3 Å². The number of hydrogen-bond acceptors (Lipinski definition) is 2. The molecule has 4 rings (SSSR count). The average molecular weight is 308 g/mol. The van der Waals surface area contributed by atoms with Gasteiger partial charge in [-0.25, -0.2) is 4.39 Å². The van der Waals surface area contributed by atoms with Gasteiger partial charge in [-0.2, -0.15) is 5.10 Å². The van der Waals surface area contributed by atoms with Crippen molar-refractivity contribution in [3.05, 3.63) is 78.4 Å². The molecule has 23 heavy (non-hydrogen) atoms. The summed E-state index contributed by atoms with van der Waals surface area (Å²) >= 11 is 0. The van der Waals surface area contributed by atoms with Gasteiger partial charge in [-0.1, -0.05) is 12.1 Å². The summed E-state index contributed by atoms with van der Waals surface area (Å²) in [5, 5.41) is 4.26. The number of nitrogens with zero attached hydrogens (tertiary/aromatic N) is 2. The molecule has 0 N–H and O–H groups in total. The average Bonchev–Trinajstić information content (AvgIpc) is 3.13. The Morgan fingerprint density at radius 2 is 1.74 bits per heavy atom. The summed E-state index contributed by atoms with van der Waals surface area (Å²) in [7, 11) is 0. The lowest BCUT2D eigenvalue weighted by molar-refractivity contribution is 0.480. The smallest absolute Gasteiger partial charge is 0.127 e. The SMILES string of the molecule is Fc1ccc(Oc2ccc(C3CC3Cn3cccn3)cc2)cc1. The molecule has 0 aliphatic heterocycles. The zero-order valence-electron chi connectivity index (χ0n) is 12.6. The molecule has 1 saturated carbocycles. The second-order valence-electron chi connectivity index (χ2n) is 5.96. The van der Waals surface area contributed by atoms with E-state index in [-0.39, 0.29) is 5.82 Å². The third kappa shape index (κ3) is 3.26. The van der Waals surface area contributed by atoms with Gasteiger partial charge in [0.2, 0.25) is 0 Å². The highest BCUT2D eigenvalue weighted by molar-refractivity contribution is 5.35. The van der Waals surface area contributed by atoms with Gasteiger partial charge >= 0.3 is 0 Å². The number of aromatic nitrogens is 2. The molecule has 1 fully saturated rings. The van der Waals surface area contributed by atoms with Crippen LogP contribution in [0.15, 0.2) is 67.0 Å². The van der Waals surface area contributed by atoms with Crippen molar-refractivity contribution in [2.45, 2.75) is 18.9 Å². The van der Waals surface area contributed by atoms with Crippen molar-refractivity contribution < 1.29 is 9.13 Å². The Labute approximate surface area is 134 Å². The highest BCUT2D eigenvalue weighted by Gasteiger charge is 2.38. The molecule has 0 amide bonds. The number of halogens is 1. The second-order valence-corrected chi connectivity index (χ2v) is 5.96. The van der Waals surface area contributed by atoms with Crippen molar-refractivity contribution in [1.82, 2.24) is 9.78 Å². The summed E-state index contributed by atoms with van der Waals surface area (Å²) in [5.41, 5.74) is 1.34. The van der Waals surface area contributed by atoms with E-state index in [1.54, 1.807) is 12.1 Å². The summed E-state index contributed by atoms with van der Waals surface area (Å²) in [5.74, 6) is 2.43. The predicted molar refractivity (Wildman–Crippen MR) is 86.0 cm³/mol. The largest absolute Gasteiger partial charge is 0.457 e. The first-order valence-corrected chi connectivity index (χ1v) is 7.79. The van der Waals surface area contributed by atoms with Crippen LogP contribution in [0.3, 0.4) is 0 Å². The standard InChI is InChI=1S/C19H17FN2O/c20-16-4-8-18(9-5-16)23-17-6-2-14(3-7-17)19-12-15(19)13-22-11-1-10-21-22/h1-11,15,19H,12-13H2. The van der Waals surface area contributed by atoms with Crippen molar-refractivity contribution in [3.63, 3.8) is 0 Å². The van der Waals surface area contributed by atoms with Crippen LogP contribution < -0.4 is 4.74 Å². The zero-order chi connectivity index (χ0) is 15.6. The Kier molecular flexibility index (Phi) is 3.58. The molecule has 3 aromatic rings. The molecule has 3 nitrogen and oxygen atoms in total. The molecular formula is C19H17FN2O. The van der Waals surface area contributed by atoms with Crippen molar-refractivity contribution in [2.75, 3.05) is 0 Å². The minimum absolute atomic E-state index is 0.260. The maximum absolute atomic E-state index is 12.9. The van der Waals surface area contributed by atoms with E-state index >= 15 is 0 Å². The first kappa shape index (κ1) is 14.0. The summed E-state index contributed by atoms with van der Waals surface area (Å²) in [6.45, 7) is 0.978. The van der Waals surface area contributed by atoms with Crippen LogP contribution in [-0.2, 0) is 6.54 Å². The summed E-state index contributed by atoms with van der Waals surface area (Å²) in [4.78, 5) is 0. The highest BCUT2D eigenvalue weighted by Crippen LogP contribution is 2.48. The fraction of sp³-hybridized carbons (Fsp3) is 0.211. The third-order valence-corrected chi connectivity index (χ3v) is 4.26. The Morgan fingerprint density at radius 3 is 2.39 bits per heavy atom. The van der Waals surface area contributed by atoms with Crippen molar-refractivity contribution in [2.24, 2.45) is 5.92 Å². The maximum atomic E-state index is 12.9. The van der Waals surface area contributed by atoms with Crippen LogP contribution in [0.25, 0.3) is 0 Å². The van der Waals surface area contributed by atoms with E-state index < -0.39 is 0 Å². The van der Waals surface area contributed by atoms with Gasteiger partial charge in [0.15, 0.2) is 0 Å². The van der Waals surface area contributed by atoms with Gasteiger partial charge < -0.3 is 4.74 Å². The van der Waals surface area contributed by atoms with E-state index in [9.17, 15) is 4.39 Å². The molecule has 2 unspecified atom stereocenters. The van der Waals surface area contributed by atoms with Crippen LogP contribution in [0.5, 0.6) is 11.5 Å². The number of rotatable bonds is 5. The first-order chi connectivity index (χ1) is 11.3. The van der Waals surface area contributed by atoms with Crippen LogP contribution >= 0.6 is 0 Å². The Hall–Kier alpha value is -2.62. The number of benzene rings is 2. The molecule has 0 bridgehead atoms. The van der Waals surface area contributed by atoms with Gasteiger partial charge in [-0.3, -0.25) is 4.68 Å². The summed E-state index contributed by atoms with van der Waals surface area (Å²) in [6, 6.07) is 16.2. The van der Waals surface area contributed by atoms with Crippen LogP contribution in [0.2, 0.25) is 0 Å². The lowest BCUT2D eigenvalue weighted by Gasteiger charge is -2.07. The molecule has 1 heterocycles. The van der Waals surface area contributed by atoms with Crippen molar-refractivity contribution in [1.29, 1.82) is 0 Å². The van der Waals surface area contributed by atoms with Crippen LogP contribution in [0.4, 0.5) is 4.39 Å². The van der Waals surface area contributed by atoms with E-state index in [1.165, 1.54) is 24.1 Å². The van der Waals surface area contributed by atoms with Crippen LogP contribution in [0.1, 0.15) is 17.9 Å². The van der Waals surface area contributed by atoms with Crippen molar-refractivity contribution in [3.8, 4) is 11.5 Å². The van der Waals surface area contributed by atoms with E-state index in [1.807, 2.05) is 35.3 Å². The zero-order valence-corrected chi connectivity index (χ0v) is 12.6. The summed E-state index contributed by atoms with van der Waals surface area (Å²) < 4.78 is 20.6. The molecule has 116 valence electrons. The molecule has 1 aromatic heterocycles. The fourth-order valence-corrected chi connectivity index (χ4v) is 2.93. The second kappa shape index (κ2) is 5.88. The first-order valence-electron chi connectivity index (χ1n) is 7.79. The van der Waals surface area contributed by atoms with Crippen molar-refractivity contribution >= 4 is 0 Å². The monoisotopic (exact) mass is 308 g/mol.